The van der Waals surface area contributed by atoms with Gasteiger partial charge in [-0.3, -0.25) is 20.2 Å². The van der Waals surface area contributed by atoms with Gasteiger partial charge in [-0.2, -0.15) is 5.26 Å². The second-order valence-electron chi connectivity index (χ2n) is 6.38. The Morgan fingerprint density at radius 3 is 2.70 bits per heavy atom. The lowest BCUT2D eigenvalue weighted by atomic mass is 9.79. The lowest BCUT2D eigenvalue weighted by Crippen LogP contribution is -2.54. The third-order valence-corrected chi connectivity index (χ3v) is 4.37. The van der Waals surface area contributed by atoms with E-state index in [1.54, 1.807) is 13.0 Å². The molecule has 0 radical (unpaired) electrons. The average Bonchev–Trinajstić information content (AvgIpc) is 2.60. The molecule has 142 valence electrons. The molecule has 10 nitrogen and oxygen atoms in total. The Bertz CT molecular complexity index is 859. The first-order valence-corrected chi connectivity index (χ1v) is 8.11. The number of allylic oxidation sites excluding steroid dienone is 2. The van der Waals surface area contributed by atoms with Gasteiger partial charge in [0.15, 0.2) is 0 Å². The number of carbonyl (C=O) groups excluding carboxylic acids is 1. The first-order chi connectivity index (χ1) is 12.7. The predicted octanol–water partition coefficient (Wildman–Crippen LogP) is 2.40. The summed E-state index contributed by atoms with van der Waals surface area (Å²) in [5.74, 6) is -1.48. The van der Waals surface area contributed by atoms with E-state index in [1.807, 2.05) is 6.07 Å². The standard InChI is InChI=1S/C17H18N4O6/c1-11-15(21(25)26)14(12-5-3-6-13(9-12)20(23)24)10-17(2,19-11)16(22)27-8-4-7-18/h3,5-6,9,14,19H,4,8,10H2,1-2H3. The Morgan fingerprint density at radius 2 is 2.11 bits per heavy atom. The van der Waals surface area contributed by atoms with Gasteiger partial charge < -0.3 is 10.1 Å². The molecule has 2 atom stereocenters. The molecule has 1 aromatic carbocycles. The fourth-order valence-electron chi connectivity index (χ4n) is 3.17. The zero-order chi connectivity index (χ0) is 20.2. The summed E-state index contributed by atoms with van der Waals surface area (Å²) in [4.78, 5) is 34.0. The van der Waals surface area contributed by atoms with Crippen LogP contribution in [0.25, 0.3) is 0 Å². The normalized spacial score (nSPS) is 21.7. The topological polar surface area (TPSA) is 148 Å². The van der Waals surface area contributed by atoms with E-state index in [1.165, 1.54) is 25.1 Å². The minimum atomic E-state index is -1.27. The third kappa shape index (κ3) is 4.20. The lowest BCUT2D eigenvalue weighted by Gasteiger charge is -2.36. The lowest BCUT2D eigenvalue weighted by molar-refractivity contribution is -0.433. The SMILES string of the molecule is CC1=C([N+](=O)[O-])C(c2cccc([N+](=O)[O-])c2)CC(C)(C(=O)OCCC#N)N1. The molecule has 2 rings (SSSR count). The molecule has 0 saturated carbocycles. The minimum Gasteiger partial charge on any atom is -0.463 e. The van der Waals surface area contributed by atoms with Crippen molar-refractivity contribution in [2.75, 3.05) is 6.61 Å². The van der Waals surface area contributed by atoms with Crippen molar-refractivity contribution in [3.05, 3.63) is 61.5 Å². The fourth-order valence-corrected chi connectivity index (χ4v) is 3.17. The van der Waals surface area contributed by atoms with Crippen LogP contribution in [0.2, 0.25) is 0 Å². The number of nitrogens with zero attached hydrogens (tertiary/aromatic N) is 3. The monoisotopic (exact) mass is 374 g/mol. The molecule has 0 saturated heterocycles. The third-order valence-electron chi connectivity index (χ3n) is 4.37. The van der Waals surface area contributed by atoms with Crippen LogP contribution >= 0.6 is 0 Å². The zero-order valence-electron chi connectivity index (χ0n) is 14.8. The van der Waals surface area contributed by atoms with Crippen LogP contribution in [0.15, 0.2) is 35.7 Å². The van der Waals surface area contributed by atoms with Gasteiger partial charge in [0.05, 0.1) is 34.0 Å². The number of esters is 1. The van der Waals surface area contributed by atoms with E-state index >= 15 is 0 Å². The first-order valence-electron chi connectivity index (χ1n) is 8.11. The number of hydrogen-bond donors (Lipinski definition) is 1. The van der Waals surface area contributed by atoms with Crippen LogP contribution < -0.4 is 5.32 Å². The van der Waals surface area contributed by atoms with Crippen LogP contribution in [-0.2, 0) is 9.53 Å². The fraction of sp³-hybridized carbons (Fsp3) is 0.412. The number of nitrogens with one attached hydrogen (secondary N) is 1. The van der Waals surface area contributed by atoms with Crippen LogP contribution in [0.4, 0.5) is 5.69 Å². The average molecular weight is 374 g/mol. The minimum absolute atomic E-state index is 0.0206. The summed E-state index contributed by atoms with van der Waals surface area (Å²) in [6.07, 6.45) is 0.0122. The van der Waals surface area contributed by atoms with E-state index in [0.29, 0.717) is 5.56 Å². The van der Waals surface area contributed by atoms with Crippen molar-refractivity contribution >= 4 is 11.7 Å². The van der Waals surface area contributed by atoms with Crippen LogP contribution in [0, 0.1) is 31.6 Å². The number of ether oxygens (including phenoxy) is 1. The van der Waals surface area contributed by atoms with E-state index < -0.39 is 27.3 Å². The number of carbonyl (C=O) groups is 1. The van der Waals surface area contributed by atoms with Crippen molar-refractivity contribution in [3.8, 4) is 6.07 Å². The highest BCUT2D eigenvalue weighted by Crippen LogP contribution is 2.40. The van der Waals surface area contributed by atoms with Crippen LogP contribution in [0.5, 0.6) is 0 Å². The Labute approximate surface area is 154 Å². The first kappa shape index (κ1) is 19.8. The zero-order valence-corrected chi connectivity index (χ0v) is 14.8. The molecule has 0 fully saturated rings. The number of nitro groups is 2. The van der Waals surface area contributed by atoms with E-state index in [4.69, 9.17) is 10.00 Å². The van der Waals surface area contributed by atoms with Crippen LogP contribution in [-0.4, -0.2) is 28.0 Å². The van der Waals surface area contributed by atoms with E-state index in [9.17, 15) is 25.0 Å². The maximum Gasteiger partial charge on any atom is 0.331 e. The van der Waals surface area contributed by atoms with Crippen molar-refractivity contribution in [1.82, 2.24) is 5.32 Å². The summed E-state index contributed by atoms with van der Waals surface area (Å²) >= 11 is 0. The predicted molar refractivity (Wildman–Crippen MR) is 92.9 cm³/mol. The largest absolute Gasteiger partial charge is 0.463 e. The molecule has 1 aliphatic rings. The Hall–Kier alpha value is -3.48. The summed E-state index contributed by atoms with van der Waals surface area (Å²) in [7, 11) is 0. The molecule has 27 heavy (non-hydrogen) atoms. The molecular formula is C17H18N4O6. The van der Waals surface area contributed by atoms with Crippen molar-refractivity contribution in [2.24, 2.45) is 0 Å². The van der Waals surface area contributed by atoms with Crippen molar-refractivity contribution in [1.29, 1.82) is 5.26 Å². The smallest absolute Gasteiger partial charge is 0.331 e. The van der Waals surface area contributed by atoms with Gasteiger partial charge in [-0.25, -0.2) is 4.79 Å². The highest BCUT2D eigenvalue weighted by atomic mass is 16.6. The summed E-state index contributed by atoms with van der Waals surface area (Å²) in [5, 5.41) is 34.0. The Morgan fingerprint density at radius 1 is 1.41 bits per heavy atom. The molecule has 0 spiro atoms. The van der Waals surface area contributed by atoms with Crippen LogP contribution in [0.3, 0.4) is 0 Å². The Balaban J connectivity index is 2.44. The van der Waals surface area contributed by atoms with Crippen molar-refractivity contribution < 1.29 is 19.4 Å². The number of nitro benzene ring substituents is 1. The molecule has 1 aliphatic heterocycles. The van der Waals surface area contributed by atoms with Gasteiger partial charge in [0.1, 0.15) is 12.1 Å². The highest BCUT2D eigenvalue weighted by molar-refractivity contribution is 5.81. The summed E-state index contributed by atoms with van der Waals surface area (Å²) < 4.78 is 5.09. The van der Waals surface area contributed by atoms with Gasteiger partial charge in [0.25, 0.3) is 11.4 Å². The molecule has 0 amide bonds. The van der Waals surface area contributed by atoms with Gasteiger partial charge >= 0.3 is 5.97 Å². The summed E-state index contributed by atoms with van der Waals surface area (Å²) in [6, 6.07) is 7.43. The molecule has 10 heteroatoms. The molecule has 1 heterocycles. The van der Waals surface area contributed by atoms with E-state index in [-0.39, 0.29) is 36.5 Å². The molecule has 0 bridgehead atoms. The maximum absolute atomic E-state index is 12.5. The van der Waals surface area contributed by atoms with Crippen molar-refractivity contribution in [3.63, 3.8) is 0 Å². The second kappa shape index (κ2) is 7.82. The number of benzene rings is 1. The maximum atomic E-state index is 12.5. The Kier molecular flexibility index (Phi) is 5.75. The van der Waals surface area contributed by atoms with Crippen molar-refractivity contribution in [2.45, 2.75) is 38.1 Å². The molecule has 1 N–H and O–H groups in total. The number of nitriles is 1. The van der Waals surface area contributed by atoms with Gasteiger partial charge in [-0.1, -0.05) is 12.1 Å². The van der Waals surface area contributed by atoms with Gasteiger partial charge in [0, 0.05) is 12.1 Å². The van der Waals surface area contributed by atoms with E-state index in [2.05, 4.69) is 5.32 Å². The molecule has 1 aromatic rings. The number of rotatable bonds is 6. The van der Waals surface area contributed by atoms with Gasteiger partial charge in [0.2, 0.25) is 0 Å². The molecular weight excluding hydrogens is 356 g/mol. The van der Waals surface area contributed by atoms with Gasteiger partial charge in [-0.15, -0.1) is 0 Å². The number of hydrogen-bond acceptors (Lipinski definition) is 8. The molecule has 2 unspecified atom stereocenters. The quantitative estimate of drug-likeness (QED) is 0.345. The van der Waals surface area contributed by atoms with Gasteiger partial charge in [-0.05, 0) is 25.8 Å². The second-order valence-corrected chi connectivity index (χ2v) is 6.38. The molecule has 0 aliphatic carbocycles. The van der Waals surface area contributed by atoms with E-state index in [0.717, 1.165) is 0 Å². The highest BCUT2D eigenvalue weighted by Gasteiger charge is 2.47. The molecule has 0 aromatic heterocycles. The number of non-ortho nitro benzene ring substituents is 1. The summed E-state index contributed by atoms with van der Waals surface area (Å²) in [5.41, 5.74) is -1.06. The van der Waals surface area contributed by atoms with Crippen LogP contribution in [0.1, 0.15) is 38.2 Å². The summed E-state index contributed by atoms with van der Waals surface area (Å²) in [6.45, 7) is 2.94.